The predicted molar refractivity (Wildman–Crippen MR) is 245 cm³/mol. The minimum atomic E-state index is -0.137. The summed E-state index contributed by atoms with van der Waals surface area (Å²) in [7, 11) is 0. The molecule has 0 atom stereocenters. The van der Waals surface area contributed by atoms with E-state index in [9.17, 15) is 5.48 Å². The van der Waals surface area contributed by atoms with E-state index in [2.05, 4.69) is 66.7 Å². The topological polar surface area (TPSA) is 16.4 Å². The maximum absolute atomic E-state index is 9.73. The average molecular weight is 744 g/mol. The van der Waals surface area contributed by atoms with E-state index in [-0.39, 0.29) is 35.4 Å². The number of hydrogen-bond acceptors (Lipinski definition) is 2. The van der Waals surface area contributed by atoms with Gasteiger partial charge in [0.2, 0.25) is 0 Å². The Bertz CT molecular complexity index is 3470. The van der Waals surface area contributed by atoms with Crippen molar-refractivity contribution in [3.63, 3.8) is 0 Å². The molecule has 0 fully saturated rings. The van der Waals surface area contributed by atoms with E-state index in [1.807, 2.05) is 138 Å². The van der Waals surface area contributed by atoms with Gasteiger partial charge in [0.1, 0.15) is 11.2 Å². The van der Waals surface area contributed by atoms with Crippen LogP contribution in [0.15, 0.2) is 229 Å². The number of hydrogen-bond donors (Lipinski definition) is 0. The Kier molecular flexibility index (Phi) is 7.20. The summed E-state index contributed by atoms with van der Waals surface area (Å²) >= 11 is 0. The highest BCUT2D eigenvalue weighted by molar-refractivity contribution is 6.20. The molecule has 10 aromatic carbocycles. The number of nitrogens with zero attached hydrogens (tertiary/aromatic N) is 1. The van der Waals surface area contributed by atoms with Gasteiger partial charge in [-0.3, -0.25) is 0 Å². The summed E-state index contributed by atoms with van der Waals surface area (Å²) in [4.78, 5) is 1.89. The van der Waals surface area contributed by atoms with Crippen LogP contribution in [0.25, 0.3) is 88.0 Å². The van der Waals surface area contributed by atoms with Crippen molar-refractivity contribution < 1.29 is 9.90 Å². The largest absolute Gasteiger partial charge is 0.455 e. The van der Waals surface area contributed by atoms with Crippen molar-refractivity contribution in [2.75, 3.05) is 4.90 Å². The van der Waals surface area contributed by atoms with Crippen molar-refractivity contribution in [3.8, 4) is 44.5 Å². The minimum absolute atomic E-state index is 0.112. The molecule has 0 aliphatic rings. The summed E-state index contributed by atoms with van der Waals surface area (Å²) in [6.07, 6.45) is 0. The molecule has 0 spiro atoms. The SMILES string of the molecule is [2H]c1c([2H])c(N(c2ccc(-c3ccccc3)cc2)c2ccccc2-c2cc3c4ccccc4oc3c3ccccc23)c([2H])c([2H])c1-c1ccc(-c2cccc3ccccc23)cc1. The minimum Gasteiger partial charge on any atom is -0.455 e. The van der Waals surface area contributed by atoms with Gasteiger partial charge in [-0.15, -0.1) is 0 Å². The summed E-state index contributed by atoms with van der Waals surface area (Å²) in [6.45, 7) is 0. The van der Waals surface area contributed by atoms with E-state index in [0.29, 0.717) is 16.9 Å². The Labute approximate surface area is 343 Å². The normalized spacial score (nSPS) is 12.4. The molecule has 0 saturated carbocycles. The molecule has 0 amide bonds. The van der Waals surface area contributed by atoms with Gasteiger partial charge in [-0.1, -0.05) is 182 Å². The molecule has 0 unspecified atom stereocenters. The van der Waals surface area contributed by atoms with Crippen LogP contribution < -0.4 is 4.90 Å². The number of anilines is 3. The van der Waals surface area contributed by atoms with Crippen molar-refractivity contribution >= 4 is 60.5 Å². The Hall–Kier alpha value is -7.68. The van der Waals surface area contributed by atoms with Gasteiger partial charge in [0.05, 0.1) is 11.2 Å². The van der Waals surface area contributed by atoms with Crippen molar-refractivity contribution in [2.45, 2.75) is 0 Å². The third-order valence-electron chi connectivity index (χ3n) is 11.2. The van der Waals surface area contributed by atoms with Crippen molar-refractivity contribution in [2.24, 2.45) is 0 Å². The Balaban J connectivity index is 1.11. The second-order valence-corrected chi connectivity index (χ2v) is 14.5. The van der Waals surface area contributed by atoms with Gasteiger partial charge in [0.25, 0.3) is 0 Å². The highest BCUT2D eigenvalue weighted by Gasteiger charge is 2.21. The number of benzene rings is 10. The molecule has 58 heavy (non-hydrogen) atoms. The smallest absolute Gasteiger partial charge is 0.143 e. The maximum atomic E-state index is 9.73. The van der Waals surface area contributed by atoms with Gasteiger partial charge < -0.3 is 9.32 Å². The van der Waals surface area contributed by atoms with Gasteiger partial charge in [-0.2, -0.15) is 0 Å². The lowest BCUT2D eigenvalue weighted by molar-refractivity contribution is 0.672. The molecule has 0 aliphatic heterocycles. The lowest BCUT2D eigenvalue weighted by atomic mass is 9.93. The maximum Gasteiger partial charge on any atom is 0.143 e. The van der Waals surface area contributed by atoms with Gasteiger partial charge >= 0.3 is 0 Å². The van der Waals surface area contributed by atoms with E-state index < -0.39 is 0 Å². The van der Waals surface area contributed by atoms with Crippen molar-refractivity contribution in [1.82, 2.24) is 0 Å². The quantitative estimate of drug-likeness (QED) is 0.162. The molecule has 11 aromatic rings. The van der Waals surface area contributed by atoms with Crippen LogP contribution in [0, 0.1) is 0 Å². The number of fused-ring (bicyclic) bond motifs is 6. The van der Waals surface area contributed by atoms with Gasteiger partial charge in [-0.25, -0.2) is 0 Å². The van der Waals surface area contributed by atoms with Crippen molar-refractivity contribution in [1.29, 1.82) is 0 Å². The van der Waals surface area contributed by atoms with Gasteiger partial charge in [0.15, 0.2) is 0 Å². The average Bonchev–Trinajstić information content (AvgIpc) is 3.71. The van der Waals surface area contributed by atoms with Gasteiger partial charge in [0, 0.05) is 33.1 Å². The molecule has 2 heteroatoms. The van der Waals surface area contributed by atoms with Crippen LogP contribution in [0.2, 0.25) is 0 Å². The molecule has 0 bridgehead atoms. The van der Waals surface area contributed by atoms with Crippen LogP contribution >= 0.6 is 0 Å². The van der Waals surface area contributed by atoms with Crippen LogP contribution in [0.5, 0.6) is 0 Å². The zero-order valence-corrected chi connectivity index (χ0v) is 31.4. The molecule has 0 saturated heterocycles. The second kappa shape index (κ2) is 14.1. The summed E-state index contributed by atoms with van der Waals surface area (Å²) in [5.41, 5.74) is 10.1. The fourth-order valence-electron chi connectivity index (χ4n) is 8.34. The number of furan rings is 1. The first-order chi connectivity index (χ1) is 30.4. The summed E-state index contributed by atoms with van der Waals surface area (Å²) in [6, 6.07) is 66.6. The van der Waals surface area contributed by atoms with E-state index in [4.69, 9.17) is 4.42 Å². The molecule has 11 rings (SSSR count). The molecule has 0 radical (unpaired) electrons. The Morgan fingerprint density at radius 1 is 0.345 bits per heavy atom. The molecule has 1 aromatic heterocycles. The summed E-state index contributed by atoms with van der Waals surface area (Å²) < 4.78 is 45.0. The fourth-order valence-corrected chi connectivity index (χ4v) is 8.34. The van der Waals surface area contributed by atoms with Crippen LogP contribution in [0.1, 0.15) is 5.48 Å². The lowest BCUT2D eigenvalue weighted by Crippen LogP contribution is -2.11. The van der Waals surface area contributed by atoms with Crippen LogP contribution in [-0.4, -0.2) is 0 Å². The first-order valence-electron chi connectivity index (χ1n) is 21.5. The van der Waals surface area contributed by atoms with Gasteiger partial charge in [-0.05, 0) is 97.5 Å². The first kappa shape index (κ1) is 29.6. The second-order valence-electron chi connectivity index (χ2n) is 14.5. The fraction of sp³-hybridized carbons (Fsp3) is 0. The zero-order valence-electron chi connectivity index (χ0n) is 35.4. The van der Waals surface area contributed by atoms with Crippen LogP contribution in [-0.2, 0) is 0 Å². The summed E-state index contributed by atoms with van der Waals surface area (Å²) in [5.74, 6) is 0. The van der Waals surface area contributed by atoms with E-state index >= 15 is 0 Å². The zero-order chi connectivity index (χ0) is 41.9. The lowest BCUT2D eigenvalue weighted by Gasteiger charge is -2.28. The highest BCUT2D eigenvalue weighted by atomic mass is 16.3. The first-order valence-corrected chi connectivity index (χ1v) is 19.5. The summed E-state index contributed by atoms with van der Waals surface area (Å²) in [5, 5.41) is 6.26. The molecule has 0 aliphatic carbocycles. The molecule has 2 nitrogen and oxygen atoms in total. The third-order valence-corrected chi connectivity index (χ3v) is 11.2. The van der Waals surface area contributed by atoms with E-state index in [1.165, 1.54) is 0 Å². The molecule has 272 valence electrons. The molecular weight excluding hydrogens is 703 g/mol. The predicted octanol–water partition coefficient (Wildman–Crippen LogP) is 16.0. The van der Waals surface area contributed by atoms with E-state index in [1.54, 1.807) is 0 Å². The van der Waals surface area contributed by atoms with Crippen molar-refractivity contribution in [3.05, 3.63) is 224 Å². The highest BCUT2D eigenvalue weighted by Crippen LogP contribution is 2.46. The molecule has 0 N–H and O–H groups in total. The van der Waals surface area contributed by atoms with Crippen LogP contribution in [0.3, 0.4) is 0 Å². The molecule has 1 heterocycles. The Morgan fingerprint density at radius 3 is 1.72 bits per heavy atom. The van der Waals surface area contributed by atoms with Crippen LogP contribution in [0.4, 0.5) is 17.1 Å². The standard InChI is InChI=1S/C56H37NO/c1-2-13-38(14-3-1)40-29-33-44(34-30-40)57(45-35-31-41(32-36-45)39-25-27-43(28-26-39)47-22-12-16-42-15-4-5-17-46(42)47)54-23-10-8-19-49(54)52-37-53-50-20-9-11-24-55(50)58-56(53)51-21-7-6-18-48(51)52/h1-37H/i31D,32D,35D,36D. The monoisotopic (exact) mass is 743 g/mol. The Morgan fingerprint density at radius 2 is 0.914 bits per heavy atom. The number of para-hydroxylation sites is 2. The third kappa shape index (κ3) is 5.82. The van der Waals surface area contributed by atoms with E-state index in [0.717, 1.165) is 76.9 Å². The number of rotatable bonds is 7. The molecular formula is C56H37NO.